The van der Waals surface area contributed by atoms with Crippen LogP contribution in [0, 0.1) is 11.3 Å². The summed E-state index contributed by atoms with van der Waals surface area (Å²) in [6.45, 7) is 0. The molecule has 1 amide bonds. The minimum Gasteiger partial charge on any atom is -0.325 e. The summed E-state index contributed by atoms with van der Waals surface area (Å²) < 4.78 is 0. The van der Waals surface area contributed by atoms with Crippen molar-refractivity contribution in [2.24, 2.45) is 0 Å². The lowest BCUT2D eigenvalue weighted by Crippen LogP contribution is -2.19. The van der Waals surface area contributed by atoms with Gasteiger partial charge in [0.15, 0.2) is 0 Å². The van der Waals surface area contributed by atoms with Gasteiger partial charge in [0.25, 0.3) is 0 Å². The highest BCUT2D eigenvalue weighted by molar-refractivity contribution is 8.00. The minimum absolute atomic E-state index is 0.116. The highest BCUT2D eigenvalue weighted by Gasteiger charge is 2.22. The summed E-state index contributed by atoms with van der Waals surface area (Å²) in [5.41, 5.74) is 2.08. The van der Waals surface area contributed by atoms with E-state index in [9.17, 15) is 4.79 Å². The number of anilines is 1. The third-order valence-electron chi connectivity index (χ3n) is 3.60. The van der Waals surface area contributed by atoms with Gasteiger partial charge < -0.3 is 5.32 Å². The molecule has 1 unspecified atom stereocenters. The highest BCUT2D eigenvalue weighted by Crippen LogP contribution is 2.36. The van der Waals surface area contributed by atoms with E-state index < -0.39 is 0 Å². The van der Waals surface area contributed by atoms with E-state index in [0.717, 1.165) is 10.5 Å². The molecule has 0 aliphatic carbocycles. The van der Waals surface area contributed by atoms with Crippen LogP contribution in [0.2, 0.25) is 0 Å². The highest BCUT2D eigenvalue weighted by atomic mass is 32.2. The van der Waals surface area contributed by atoms with Crippen LogP contribution in [0.25, 0.3) is 0 Å². The van der Waals surface area contributed by atoms with Crippen LogP contribution in [0.3, 0.4) is 0 Å². The summed E-state index contributed by atoms with van der Waals surface area (Å²) in [6, 6.07) is 28.6. The smallest absolute Gasteiger partial charge is 0.242 e. The van der Waals surface area contributed by atoms with Crippen molar-refractivity contribution in [3.8, 4) is 6.07 Å². The summed E-state index contributed by atoms with van der Waals surface area (Å²) in [5.74, 6) is -0.116. The molecule has 3 aromatic rings. The molecule has 0 fully saturated rings. The van der Waals surface area contributed by atoms with Crippen molar-refractivity contribution in [1.29, 1.82) is 5.26 Å². The maximum Gasteiger partial charge on any atom is 0.242 e. The number of carbonyl (C=O) groups is 1. The first kappa shape index (κ1) is 16.8. The Hall–Kier alpha value is -3.03. The first-order valence-corrected chi connectivity index (χ1v) is 8.72. The zero-order chi connectivity index (χ0) is 17.5. The molecule has 0 aromatic heterocycles. The molecule has 4 heteroatoms. The second-order valence-corrected chi connectivity index (χ2v) is 6.58. The molecule has 1 N–H and O–H groups in total. The molecule has 3 rings (SSSR count). The molecule has 0 bridgehead atoms. The first-order valence-electron chi connectivity index (χ1n) is 7.84. The summed E-state index contributed by atoms with van der Waals surface area (Å²) >= 11 is 1.50. The summed E-state index contributed by atoms with van der Waals surface area (Å²) in [7, 11) is 0. The first-order chi connectivity index (χ1) is 12.3. The fraction of sp³-hybridized carbons (Fsp3) is 0.0476. The van der Waals surface area contributed by atoms with Crippen LogP contribution in [0.5, 0.6) is 0 Å². The minimum atomic E-state index is -0.380. The average molecular weight is 344 g/mol. The average Bonchev–Trinajstić information content (AvgIpc) is 2.67. The van der Waals surface area contributed by atoms with Crippen LogP contribution < -0.4 is 5.32 Å². The van der Waals surface area contributed by atoms with Crippen LogP contribution in [0.4, 0.5) is 5.69 Å². The van der Waals surface area contributed by atoms with Gasteiger partial charge in [-0.3, -0.25) is 4.79 Å². The van der Waals surface area contributed by atoms with E-state index in [4.69, 9.17) is 5.26 Å². The van der Waals surface area contributed by atoms with Crippen molar-refractivity contribution in [3.05, 3.63) is 96.1 Å². The molecular formula is C21H16N2OS. The standard InChI is InChI=1S/C21H16N2OS/c22-15-16-8-7-11-18(14-16)23-21(24)20(17-9-3-1-4-10-17)25-19-12-5-2-6-13-19/h1-14,20H,(H,23,24). The number of carbonyl (C=O) groups excluding carboxylic acids is 1. The number of hydrogen-bond acceptors (Lipinski definition) is 3. The van der Waals surface area contributed by atoms with Crippen molar-refractivity contribution >= 4 is 23.4 Å². The van der Waals surface area contributed by atoms with Crippen molar-refractivity contribution in [2.45, 2.75) is 10.1 Å². The number of benzene rings is 3. The van der Waals surface area contributed by atoms with E-state index in [0.29, 0.717) is 11.3 Å². The van der Waals surface area contributed by atoms with Gasteiger partial charge >= 0.3 is 0 Å². The quantitative estimate of drug-likeness (QED) is 0.660. The van der Waals surface area contributed by atoms with Crippen molar-refractivity contribution in [1.82, 2.24) is 0 Å². The Morgan fingerprint density at radius 2 is 1.60 bits per heavy atom. The molecule has 0 aliphatic heterocycles. The van der Waals surface area contributed by atoms with Crippen molar-refractivity contribution < 1.29 is 4.79 Å². The molecule has 0 saturated carbocycles. The Labute approximate surface area is 151 Å². The van der Waals surface area contributed by atoms with Crippen LogP contribution in [0.1, 0.15) is 16.4 Å². The Morgan fingerprint density at radius 3 is 2.28 bits per heavy atom. The molecule has 122 valence electrons. The SMILES string of the molecule is N#Cc1cccc(NC(=O)C(Sc2ccccc2)c2ccccc2)c1. The Bertz CT molecular complexity index is 889. The largest absolute Gasteiger partial charge is 0.325 e. The molecular weight excluding hydrogens is 328 g/mol. The number of hydrogen-bond donors (Lipinski definition) is 1. The van der Waals surface area contributed by atoms with Crippen LogP contribution in [-0.2, 0) is 4.79 Å². The van der Waals surface area contributed by atoms with Gasteiger partial charge in [-0.15, -0.1) is 11.8 Å². The lowest BCUT2D eigenvalue weighted by atomic mass is 10.1. The van der Waals surface area contributed by atoms with E-state index in [-0.39, 0.29) is 11.2 Å². The number of nitrogens with zero attached hydrogens (tertiary/aromatic N) is 1. The predicted molar refractivity (Wildman–Crippen MR) is 101 cm³/mol. The predicted octanol–water partition coefficient (Wildman–Crippen LogP) is 5.03. The Kier molecular flexibility index (Phi) is 5.50. The molecule has 0 aliphatic rings. The van der Waals surface area contributed by atoms with Crippen molar-refractivity contribution in [3.63, 3.8) is 0 Å². The zero-order valence-electron chi connectivity index (χ0n) is 13.4. The maximum atomic E-state index is 12.9. The lowest BCUT2D eigenvalue weighted by Gasteiger charge is -2.17. The van der Waals surface area contributed by atoms with E-state index in [1.165, 1.54) is 11.8 Å². The second kappa shape index (κ2) is 8.18. The Morgan fingerprint density at radius 1 is 0.920 bits per heavy atom. The molecule has 25 heavy (non-hydrogen) atoms. The number of thioether (sulfide) groups is 1. The monoisotopic (exact) mass is 344 g/mol. The molecule has 0 heterocycles. The number of nitrogens with one attached hydrogen (secondary N) is 1. The third-order valence-corrected chi connectivity index (χ3v) is 4.86. The topological polar surface area (TPSA) is 52.9 Å². The van der Waals surface area contributed by atoms with Gasteiger partial charge in [-0.2, -0.15) is 5.26 Å². The van der Waals surface area contributed by atoms with Crippen LogP contribution >= 0.6 is 11.8 Å². The zero-order valence-corrected chi connectivity index (χ0v) is 14.2. The normalized spacial score (nSPS) is 11.3. The van der Waals surface area contributed by atoms with Crippen molar-refractivity contribution in [2.75, 3.05) is 5.32 Å². The van der Waals surface area contributed by atoms with Gasteiger partial charge in [-0.25, -0.2) is 0 Å². The fourth-order valence-electron chi connectivity index (χ4n) is 2.41. The molecule has 0 saturated heterocycles. The van der Waals surface area contributed by atoms with Gasteiger partial charge in [0.1, 0.15) is 5.25 Å². The van der Waals surface area contributed by atoms with Crippen LogP contribution in [-0.4, -0.2) is 5.91 Å². The molecule has 3 nitrogen and oxygen atoms in total. The number of amides is 1. The molecule has 0 spiro atoms. The number of rotatable bonds is 5. The Balaban J connectivity index is 1.85. The molecule has 3 aromatic carbocycles. The van der Waals surface area contributed by atoms with Gasteiger partial charge in [0, 0.05) is 10.6 Å². The van der Waals surface area contributed by atoms with Gasteiger partial charge in [-0.1, -0.05) is 54.6 Å². The lowest BCUT2D eigenvalue weighted by molar-refractivity contribution is -0.115. The molecule has 1 atom stereocenters. The van der Waals surface area contributed by atoms with Crippen LogP contribution in [0.15, 0.2) is 89.8 Å². The van der Waals surface area contributed by atoms with E-state index in [2.05, 4.69) is 11.4 Å². The van der Waals surface area contributed by atoms with Gasteiger partial charge in [0.2, 0.25) is 5.91 Å². The maximum absolute atomic E-state index is 12.9. The van der Waals surface area contributed by atoms with Gasteiger partial charge in [0.05, 0.1) is 11.6 Å². The summed E-state index contributed by atoms with van der Waals surface area (Å²) in [5, 5.41) is 11.6. The number of nitriles is 1. The third kappa shape index (κ3) is 4.50. The van der Waals surface area contributed by atoms with E-state index in [1.54, 1.807) is 24.3 Å². The van der Waals surface area contributed by atoms with Gasteiger partial charge in [-0.05, 0) is 35.9 Å². The second-order valence-electron chi connectivity index (χ2n) is 5.40. The van der Waals surface area contributed by atoms with E-state index >= 15 is 0 Å². The van der Waals surface area contributed by atoms with E-state index in [1.807, 2.05) is 60.7 Å². The summed E-state index contributed by atoms with van der Waals surface area (Å²) in [6.07, 6.45) is 0. The molecule has 0 radical (unpaired) electrons. The summed E-state index contributed by atoms with van der Waals surface area (Å²) in [4.78, 5) is 13.9. The fourth-order valence-corrected chi connectivity index (χ4v) is 3.46.